The van der Waals surface area contributed by atoms with Crippen LogP contribution >= 0.6 is 11.6 Å². The Morgan fingerprint density at radius 2 is 1.63 bits per heavy atom. The van der Waals surface area contributed by atoms with E-state index in [2.05, 4.69) is 12.2 Å². The Hall–Kier alpha value is -2.53. The second-order valence-electron chi connectivity index (χ2n) is 7.15. The Balaban J connectivity index is 2.15. The second kappa shape index (κ2) is 12.2. The van der Waals surface area contributed by atoms with Crippen molar-refractivity contribution in [3.8, 4) is 5.75 Å². The van der Waals surface area contributed by atoms with Crippen LogP contribution in [0.15, 0.2) is 48.5 Å². The molecule has 162 valence electrons. The molecule has 1 N–H and O–H groups in total. The van der Waals surface area contributed by atoms with E-state index in [0.717, 1.165) is 18.4 Å². The van der Waals surface area contributed by atoms with Gasteiger partial charge in [-0.1, -0.05) is 56.6 Å². The number of aryl methyl sites for hydroxylation is 1. The maximum Gasteiger partial charge on any atom is 0.261 e. The van der Waals surface area contributed by atoms with E-state index < -0.39 is 6.04 Å². The van der Waals surface area contributed by atoms with E-state index >= 15 is 0 Å². The third-order valence-corrected chi connectivity index (χ3v) is 5.15. The van der Waals surface area contributed by atoms with Crippen LogP contribution in [-0.4, -0.2) is 35.9 Å². The van der Waals surface area contributed by atoms with Crippen molar-refractivity contribution in [2.75, 3.05) is 13.2 Å². The van der Waals surface area contributed by atoms with Crippen LogP contribution in [0.2, 0.25) is 5.02 Å². The first-order valence-corrected chi connectivity index (χ1v) is 10.9. The highest BCUT2D eigenvalue weighted by atomic mass is 35.5. The summed E-state index contributed by atoms with van der Waals surface area (Å²) in [6.07, 6.45) is 2.30. The molecule has 6 heteroatoms. The molecule has 1 unspecified atom stereocenters. The van der Waals surface area contributed by atoms with Crippen molar-refractivity contribution in [3.05, 3.63) is 64.7 Å². The number of hydrogen-bond donors (Lipinski definition) is 1. The van der Waals surface area contributed by atoms with Crippen molar-refractivity contribution in [2.24, 2.45) is 0 Å². The molecule has 0 saturated heterocycles. The molecule has 0 saturated carbocycles. The van der Waals surface area contributed by atoms with Gasteiger partial charge in [0.05, 0.1) is 0 Å². The molecule has 0 radical (unpaired) electrons. The van der Waals surface area contributed by atoms with Gasteiger partial charge >= 0.3 is 0 Å². The number of nitrogens with one attached hydrogen (secondary N) is 1. The lowest BCUT2D eigenvalue weighted by Gasteiger charge is -2.30. The summed E-state index contributed by atoms with van der Waals surface area (Å²) in [5.41, 5.74) is 2.11. The minimum absolute atomic E-state index is 0.128. The molecule has 0 aliphatic heterocycles. The van der Waals surface area contributed by atoms with Gasteiger partial charge in [-0.15, -0.1) is 0 Å². The summed E-state index contributed by atoms with van der Waals surface area (Å²) in [5.74, 6) is 0.257. The standard InChI is InChI=1S/C24H31ClN2O3/c1-4-15-26-24(29)22(6-3)27(16-19-7-11-20(25)12-8-19)23(28)17-30-21-13-9-18(5-2)10-14-21/h7-14,22H,4-6,15-17H2,1-3H3,(H,26,29). The molecule has 1 atom stereocenters. The first kappa shape index (κ1) is 23.7. The summed E-state index contributed by atoms with van der Waals surface area (Å²) in [4.78, 5) is 27.4. The van der Waals surface area contributed by atoms with Crippen LogP contribution in [0.25, 0.3) is 0 Å². The fourth-order valence-corrected chi connectivity index (χ4v) is 3.25. The van der Waals surface area contributed by atoms with Crippen molar-refractivity contribution in [3.63, 3.8) is 0 Å². The molecular formula is C24H31ClN2O3. The lowest BCUT2D eigenvalue weighted by atomic mass is 10.1. The number of halogens is 1. The number of benzene rings is 2. The molecule has 2 rings (SSSR count). The Labute approximate surface area is 184 Å². The average Bonchev–Trinajstić information content (AvgIpc) is 2.77. The van der Waals surface area contributed by atoms with Crippen molar-refractivity contribution in [1.82, 2.24) is 10.2 Å². The minimum atomic E-state index is -0.564. The number of hydrogen-bond acceptors (Lipinski definition) is 3. The highest BCUT2D eigenvalue weighted by Gasteiger charge is 2.28. The van der Waals surface area contributed by atoms with Crippen LogP contribution in [0, 0.1) is 0 Å². The first-order chi connectivity index (χ1) is 14.5. The van der Waals surface area contributed by atoms with Gasteiger partial charge in [0.2, 0.25) is 5.91 Å². The van der Waals surface area contributed by atoms with E-state index in [1.807, 2.05) is 50.2 Å². The Morgan fingerprint density at radius 1 is 1.00 bits per heavy atom. The molecule has 0 aliphatic rings. The Morgan fingerprint density at radius 3 is 2.20 bits per heavy atom. The fourth-order valence-electron chi connectivity index (χ4n) is 3.12. The summed E-state index contributed by atoms with van der Waals surface area (Å²) in [7, 11) is 0. The molecule has 0 aliphatic carbocycles. The number of amides is 2. The molecule has 0 bridgehead atoms. The van der Waals surface area contributed by atoms with Crippen LogP contribution in [0.4, 0.5) is 0 Å². The lowest BCUT2D eigenvalue weighted by molar-refractivity contribution is -0.143. The minimum Gasteiger partial charge on any atom is -0.484 e. The third kappa shape index (κ3) is 7.06. The number of ether oxygens (including phenoxy) is 1. The molecule has 0 spiro atoms. The monoisotopic (exact) mass is 430 g/mol. The van der Waals surface area contributed by atoms with Crippen LogP contribution in [-0.2, 0) is 22.6 Å². The Kier molecular flexibility index (Phi) is 9.68. The molecule has 0 fully saturated rings. The summed E-state index contributed by atoms with van der Waals surface area (Å²) in [6, 6.07) is 14.4. The number of carbonyl (C=O) groups is 2. The predicted octanol–water partition coefficient (Wildman–Crippen LogP) is 4.61. The fraction of sp³-hybridized carbons (Fsp3) is 0.417. The number of nitrogens with zero attached hydrogens (tertiary/aromatic N) is 1. The van der Waals surface area contributed by atoms with Crippen LogP contribution in [0.5, 0.6) is 5.75 Å². The van der Waals surface area contributed by atoms with E-state index in [0.29, 0.717) is 30.3 Å². The zero-order valence-electron chi connectivity index (χ0n) is 18.0. The summed E-state index contributed by atoms with van der Waals surface area (Å²) < 4.78 is 5.72. The van der Waals surface area contributed by atoms with Gasteiger partial charge in [0.25, 0.3) is 5.91 Å². The maximum absolute atomic E-state index is 13.1. The zero-order valence-corrected chi connectivity index (χ0v) is 18.7. The highest BCUT2D eigenvalue weighted by molar-refractivity contribution is 6.30. The van der Waals surface area contributed by atoms with Gasteiger partial charge < -0.3 is 15.0 Å². The largest absolute Gasteiger partial charge is 0.484 e. The topological polar surface area (TPSA) is 58.6 Å². The summed E-state index contributed by atoms with van der Waals surface area (Å²) in [6.45, 7) is 6.75. The van der Waals surface area contributed by atoms with Gasteiger partial charge in [-0.3, -0.25) is 9.59 Å². The van der Waals surface area contributed by atoms with Gasteiger partial charge in [0.1, 0.15) is 11.8 Å². The van der Waals surface area contributed by atoms with E-state index in [1.54, 1.807) is 17.0 Å². The molecular weight excluding hydrogens is 400 g/mol. The summed E-state index contributed by atoms with van der Waals surface area (Å²) in [5, 5.41) is 3.53. The van der Waals surface area contributed by atoms with Crippen LogP contribution < -0.4 is 10.1 Å². The smallest absolute Gasteiger partial charge is 0.261 e. The van der Waals surface area contributed by atoms with E-state index in [1.165, 1.54) is 5.56 Å². The van der Waals surface area contributed by atoms with E-state index in [4.69, 9.17) is 16.3 Å². The van der Waals surface area contributed by atoms with Gasteiger partial charge in [-0.2, -0.15) is 0 Å². The normalized spacial score (nSPS) is 11.6. The molecule has 5 nitrogen and oxygen atoms in total. The Bertz CT molecular complexity index is 806. The predicted molar refractivity (Wildman–Crippen MR) is 121 cm³/mol. The van der Waals surface area contributed by atoms with Crippen molar-refractivity contribution in [1.29, 1.82) is 0 Å². The van der Waals surface area contributed by atoms with Gasteiger partial charge in [-0.25, -0.2) is 0 Å². The lowest BCUT2D eigenvalue weighted by Crippen LogP contribution is -2.50. The maximum atomic E-state index is 13.1. The molecule has 2 amide bonds. The van der Waals surface area contributed by atoms with E-state index in [9.17, 15) is 9.59 Å². The molecule has 2 aromatic rings. The quantitative estimate of drug-likeness (QED) is 0.566. The van der Waals surface area contributed by atoms with Gasteiger partial charge in [0.15, 0.2) is 6.61 Å². The van der Waals surface area contributed by atoms with Crippen molar-refractivity contribution in [2.45, 2.75) is 52.6 Å². The second-order valence-corrected chi connectivity index (χ2v) is 7.59. The molecule has 2 aromatic carbocycles. The zero-order chi connectivity index (χ0) is 21.9. The SMILES string of the molecule is CCCNC(=O)C(CC)N(Cc1ccc(Cl)cc1)C(=O)COc1ccc(CC)cc1. The molecule has 0 aromatic heterocycles. The number of rotatable bonds is 11. The number of carbonyl (C=O) groups excluding carboxylic acids is 2. The first-order valence-electron chi connectivity index (χ1n) is 10.5. The third-order valence-electron chi connectivity index (χ3n) is 4.90. The summed E-state index contributed by atoms with van der Waals surface area (Å²) >= 11 is 5.98. The van der Waals surface area contributed by atoms with Crippen LogP contribution in [0.1, 0.15) is 44.7 Å². The van der Waals surface area contributed by atoms with E-state index in [-0.39, 0.29) is 18.4 Å². The molecule has 30 heavy (non-hydrogen) atoms. The van der Waals surface area contributed by atoms with Crippen molar-refractivity contribution < 1.29 is 14.3 Å². The average molecular weight is 431 g/mol. The van der Waals surface area contributed by atoms with Gasteiger partial charge in [0, 0.05) is 18.1 Å². The highest BCUT2D eigenvalue weighted by Crippen LogP contribution is 2.17. The van der Waals surface area contributed by atoms with Crippen LogP contribution in [0.3, 0.4) is 0 Å². The van der Waals surface area contributed by atoms with Gasteiger partial charge in [-0.05, 0) is 54.7 Å². The van der Waals surface area contributed by atoms with Crippen molar-refractivity contribution >= 4 is 23.4 Å². The molecule has 0 heterocycles.